The average Bonchev–Trinajstić information content (AvgIpc) is 2.92. The van der Waals surface area contributed by atoms with Crippen molar-refractivity contribution in [1.29, 1.82) is 0 Å². The topological polar surface area (TPSA) is 120 Å². The molecule has 1 aromatic carbocycles. The van der Waals surface area contributed by atoms with Gasteiger partial charge in [0.25, 0.3) is 5.91 Å². The molecule has 4 N–H and O–H groups in total. The number of rotatable bonds is 1. The molecule has 2 aliphatic heterocycles. The molecule has 6 atom stereocenters. The van der Waals surface area contributed by atoms with E-state index in [9.17, 15) is 19.2 Å². The molecule has 0 aromatic heterocycles. The Morgan fingerprint density at radius 3 is 2.26 bits per heavy atom. The minimum atomic E-state index is -0.819. The van der Waals surface area contributed by atoms with Crippen LogP contribution in [0.1, 0.15) is 90.8 Å². The number of amides is 4. The van der Waals surface area contributed by atoms with E-state index in [1.807, 2.05) is 39.8 Å². The van der Waals surface area contributed by atoms with Gasteiger partial charge in [0.05, 0.1) is 6.04 Å². The largest absolute Gasteiger partial charge is 0.348 e. The monoisotopic (exact) mass is 541 g/mol. The van der Waals surface area contributed by atoms with Crippen molar-refractivity contribution in [2.45, 2.75) is 104 Å². The maximum absolute atomic E-state index is 13.2. The van der Waals surface area contributed by atoms with Crippen LogP contribution in [-0.4, -0.2) is 53.3 Å². The van der Waals surface area contributed by atoms with Gasteiger partial charge < -0.3 is 16.0 Å². The van der Waals surface area contributed by atoms with Gasteiger partial charge in [-0.25, -0.2) is 5.43 Å². The first-order valence-electron chi connectivity index (χ1n) is 14.6. The number of benzene rings is 1. The van der Waals surface area contributed by atoms with Gasteiger partial charge in [-0.15, -0.1) is 0 Å². The molecule has 0 spiro atoms. The normalized spacial score (nSPS) is 30.5. The Labute approximate surface area is 233 Å². The zero-order valence-corrected chi connectivity index (χ0v) is 24.4. The molecule has 4 amide bonds. The summed E-state index contributed by atoms with van der Waals surface area (Å²) in [5.41, 5.74) is 5.33. The van der Waals surface area contributed by atoms with Gasteiger partial charge in [0, 0.05) is 12.5 Å². The Morgan fingerprint density at radius 2 is 1.54 bits per heavy atom. The average molecular weight is 542 g/mol. The summed E-state index contributed by atoms with van der Waals surface area (Å²) in [7, 11) is 0. The van der Waals surface area contributed by atoms with Gasteiger partial charge in [0.15, 0.2) is 0 Å². The van der Waals surface area contributed by atoms with Crippen molar-refractivity contribution in [2.75, 3.05) is 6.54 Å². The molecule has 9 heteroatoms. The van der Waals surface area contributed by atoms with Crippen molar-refractivity contribution >= 4 is 23.6 Å². The first-order chi connectivity index (χ1) is 18.5. The molecule has 39 heavy (non-hydrogen) atoms. The zero-order valence-electron chi connectivity index (χ0n) is 24.4. The fourth-order valence-electron chi connectivity index (χ4n) is 5.27. The Bertz CT molecular complexity index is 1030. The highest BCUT2D eigenvalue weighted by molar-refractivity contribution is 5.92. The minimum absolute atomic E-state index is 0.147. The van der Waals surface area contributed by atoms with Gasteiger partial charge in [-0.2, -0.15) is 0 Å². The Balaban J connectivity index is 1.82. The van der Waals surface area contributed by atoms with E-state index in [0.29, 0.717) is 19.4 Å². The Hall–Kier alpha value is -2.94. The summed E-state index contributed by atoms with van der Waals surface area (Å²) in [5.74, 6) is -1.23. The van der Waals surface area contributed by atoms with Crippen LogP contribution >= 0.6 is 0 Å². The summed E-state index contributed by atoms with van der Waals surface area (Å²) in [4.78, 5) is 52.5. The summed E-state index contributed by atoms with van der Waals surface area (Å²) >= 11 is 0. The first kappa shape index (κ1) is 30.6. The van der Waals surface area contributed by atoms with Crippen molar-refractivity contribution in [3.05, 3.63) is 35.4 Å². The Morgan fingerprint density at radius 1 is 0.821 bits per heavy atom. The maximum Gasteiger partial charge on any atom is 0.258 e. The number of aryl methyl sites for hydroxylation is 1. The molecule has 1 aromatic rings. The fraction of sp³-hybridized carbons (Fsp3) is 0.667. The molecule has 216 valence electrons. The van der Waals surface area contributed by atoms with Gasteiger partial charge in [0.1, 0.15) is 18.1 Å². The van der Waals surface area contributed by atoms with Gasteiger partial charge in [-0.3, -0.25) is 24.2 Å². The summed E-state index contributed by atoms with van der Waals surface area (Å²) in [6.07, 6.45) is 5.12. The molecule has 0 saturated carbocycles. The van der Waals surface area contributed by atoms with Gasteiger partial charge >= 0.3 is 0 Å². The second-order valence-corrected chi connectivity index (χ2v) is 11.8. The van der Waals surface area contributed by atoms with Crippen molar-refractivity contribution < 1.29 is 19.2 Å². The maximum atomic E-state index is 13.2. The van der Waals surface area contributed by atoms with Crippen molar-refractivity contribution in [1.82, 2.24) is 26.4 Å². The molecule has 3 rings (SSSR count). The molecule has 2 heterocycles. The number of carbonyl (C=O) groups excluding carboxylic acids is 4. The third-order valence-corrected chi connectivity index (χ3v) is 8.20. The summed E-state index contributed by atoms with van der Waals surface area (Å²) < 4.78 is 0. The van der Waals surface area contributed by atoms with Gasteiger partial charge in [-0.05, 0) is 68.9 Å². The van der Waals surface area contributed by atoms with Gasteiger partial charge in [0.2, 0.25) is 17.7 Å². The Kier molecular flexibility index (Phi) is 10.9. The van der Waals surface area contributed by atoms with E-state index in [-0.39, 0.29) is 47.4 Å². The number of hydrazine groups is 1. The van der Waals surface area contributed by atoms with Crippen LogP contribution < -0.4 is 21.4 Å². The highest BCUT2D eigenvalue weighted by Gasteiger charge is 2.34. The predicted octanol–water partition coefficient (Wildman–Crippen LogP) is 3.00. The van der Waals surface area contributed by atoms with Crippen LogP contribution in [0.3, 0.4) is 0 Å². The molecule has 1 saturated heterocycles. The zero-order chi connectivity index (χ0) is 28.7. The van der Waals surface area contributed by atoms with E-state index in [4.69, 9.17) is 0 Å². The van der Waals surface area contributed by atoms with E-state index in [0.717, 1.165) is 31.2 Å². The molecule has 0 aliphatic carbocycles. The smallest absolute Gasteiger partial charge is 0.258 e. The molecule has 0 radical (unpaired) electrons. The highest BCUT2D eigenvalue weighted by Crippen LogP contribution is 2.22. The van der Waals surface area contributed by atoms with Crippen LogP contribution in [0.4, 0.5) is 0 Å². The van der Waals surface area contributed by atoms with Crippen molar-refractivity contribution in [2.24, 2.45) is 17.8 Å². The second-order valence-electron chi connectivity index (χ2n) is 11.8. The van der Waals surface area contributed by atoms with Crippen LogP contribution in [0.15, 0.2) is 24.3 Å². The highest BCUT2D eigenvalue weighted by atomic mass is 16.2. The van der Waals surface area contributed by atoms with Crippen LogP contribution in [0.25, 0.3) is 0 Å². The number of fused-ring (bicyclic) bond motifs is 4. The molecule has 4 bridgehead atoms. The molecule has 1 unspecified atom stereocenters. The molecule has 2 aliphatic rings. The van der Waals surface area contributed by atoms with E-state index >= 15 is 0 Å². The van der Waals surface area contributed by atoms with E-state index < -0.39 is 18.1 Å². The van der Waals surface area contributed by atoms with Crippen LogP contribution in [0.2, 0.25) is 0 Å². The number of carbonyl (C=O) groups is 4. The van der Waals surface area contributed by atoms with E-state index in [1.165, 1.54) is 10.6 Å². The standard InChI is InChI=1S/C30H47N5O4/c1-18(2)26-29(38)32-22(6)30(39)35-16-10-15-25(34-35)28(37)31-21(5)24-14-9-13-23(17-24)12-8-7-11-19(3)20(4)27(36)33-26/h9,13-14,17-22,25-26,34H,7-8,10-12,15-16H2,1-6H3,(H,31,37)(H,32,38)(H,33,36)/t19?,20-,21-,22+,25+,26+/m1/s1. The van der Waals surface area contributed by atoms with Gasteiger partial charge in [-0.1, -0.05) is 58.4 Å². The summed E-state index contributed by atoms with van der Waals surface area (Å²) in [6.45, 7) is 11.8. The minimum Gasteiger partial charge on any atom is -0.348 e. The molecule has 1 fully saturated rings. The molecular weight excluding hydrogens is 494 g/mol. The van der Waals surface area contributed by atoms with Crippen molar-refractivity contribution in [3.8, 4) is 0 Å². The first-order valence-corrected chi connectivity index (χ1v) is 14.6. The quantitative estimate of drug-likeness (QED) is 0.436. The van der Waals surface area contributed by atoms with E-state index in [2.05, 4.69) is 40.4 Å². The van der Waals surface area contributed by atoms with Crippen LogP contribution in [-0.2, 0) is 25.6 Å². The lowest BCUT2D eigenvalue weighted by atomic mass is 9.89. The number of hydrogen-bond donors (Lipinski definition) is 4. The van der Waals surface area contributed by atoms with Crippen LogP contribution in [0, 0.1) is 17.8 Å². The SMILES string of the molecule is CC(C)[C@@H]1NC(=O)[C@H](C)C(C)CCCCc2cccc(c2)[C@@H](C)NC(=O)[C@@H]2CCCN(N2)C(=O)[C@H](C)NC1=O. The number of nitrogens with one attached hydrogen (secondary N) is 4. The lowest BCUT2D eigenvalue weighted by molar-refractivity contribution is -0.143. The third kappa shape index (κ3) is 8.27. The van der Waals surface area contributed by atoms with E-state index in [1.54, 1.807) is 6.92 Å². The lowest BCUT2D eigenvalue weighted by Crippen LogP contribution is -2.62. The number of hydrogen-bond acceptors (Lipinski definition) is 5. The number of nitrogens with zero attached hydrogens (tertiary/aromatic N) is 1. The summed E-state index contributed by atoms with van der Waals surface area (Å²) in [5, 5.41) is 10.2. The third-order valence-electron chi connectivity index (χ3n) is 8.20. The fourth-order valence-corrected chi connectivity index (χ4v) is 5.27. The predicted molar refractivity (Wildman–Crippen MR) is 151 cm³/mol. The summed E-state index contributed by atoms with van der Waals surface area (Å²) in [6, 6.07) is 6.03. The van der Waals surface area contributed by atoms with Crippen LogP contribution in [0.5, 0.6) is 0 Å². The van der Waals surface area contributed by atoms with Crippen molar-refractivity contribution in [3.63, 3.8) is 0 Å². The molecular formula is C30H47N5O4. The lowest BCUT2D eigenvalue weighted by Gasteiger charge is -2.35. The second kappa shape index (κ2) is 13.9. The molecule has 9 nitrogen and oxygen atoms in total.